The standard InChI is InChI=1S/C12H14FN3O2S/c13-10-1-3-12(4-2-10)19(17,18)15-11-5-7-16(9-14)8-6-11/h1-4,11,15H,5-8H2. The van der Waals surface area contributed by atoms with Crippen LogP contribution in [0, 0.1) is 17.3 Å². The summed E-state index contributed by atoms with van der Waals surface area (Å²) in [5.41, 5.74) is 0. The summed E-state index contributed by atoms with van der Waals surface area (Å²) in [5.74, 6) is -0.471. The number of rotatable bonds is 3. The van der Waals surface area contributed by atoms with Gasteiger partial charge in [-0.2, -0.15) is 5.26 Å². The van der Waals surface area contributed by atoms with Crippen molar-refractivity contribution in [3.05, 3.63) is 30.1 Å². The fourth-order valence-electron chi connectivity index (χ4n) is 2.00. The molecular weight excluding hydrogens is 269 g/mol. The maximum atomic E-state index is 12.8. The fraction of sp³-hybridized carbons (Fsp3) is 0.417. The van der Waals surface area contributed by atoms with Gasteiger partial charge in [0, 0.05) is 19.1 Å². The van der Waals surface area contributed by atoms with Crippen LogP contribution in [-0.4, -0.2) is 32.4 Å². The van der Waals surface area contributed by atoms with Gasteiger partial charge in [-0.15, -0.1) is 0 Å². The summed E-state index contributed by atoms with van der Waals surface area (Å²) >= 11 is 0. The first kappa shape index (κ1) is 13.8. The minimum absolute atomic E-state index is 0.0524. The maximum absolute atomic E-state index is 12.8. The van der Waals surface area contributed by atoms with Crippen LogP contribution in [0.25, 0.3) is 0 Å². The predicted octanol–water partition coefficient (Wildman–Crippen LogP) is 1.05. The van der Waals surface area contributed by atoms with Crippen LogP contribution in [-0.2, 0) is 10.0 Å². The molecule has 0 bridgehead atoms. The molecule has 1 heterocycles. The zero-order valence-corrected chi connectivity index (χ0v) is 11.0. The Bertz CT molecular complexity index is 572. The van der Waals surface area contributed by atoms with Crippen LogP contribution in [0.1, 0.15) is 12.8 Å². The molecule has 1 aromatic carbocycles. The average molecular weight is 283 g/mol. The lowest BCUT2D eigenvalue weighted by molar-refractivity contribution is 0.285. The van der Waals surface area contributed by atoms with Crippen LogP contribution in [0.2, 0.25) is 0 Å². The van der Waals surface area contributed by atoms with E-state index in [2.05, 4.69) is 4.72 Å². The molecule has 1 aliphatic rings. The summed E-state index contributed by atoms with van der Waals surface area (Å²) < 4.78 is 39.5. The van der Waals surface area contributed by atoms with Crippen molar-refractivity contribution in [1.29, 1.82) is 5.26 Å². The first-order valence-corrected chi connectivity index (χ1v) is 7.42. The van der Waals surface area contributed by atoms with Crippen molar-refractivity contribution < 1.29 is 12.8 Å². The number of piperidine rings is 1. The molecule has 1 saturated heterocycles. The highest BCUT2D eigenvalue weighted by Crippen LogP contribution is 2.15. The third kappa shape index (κ3) is 3.43. The largest absolute Gasteiger partial charge is 0.311 e. The lowest BCUT2D eigenvalue weighted by atomic mass is 10.1. The summed E-state index contributed by atoms with van der Waals surface area (Å²) in [6, 6.07) is 4.53. The van der Waals surface area contributed by atoms with Gasteiger partial charge in [-0.05, 0) is 37.1 Å². The third-order valence-corrected chi connectivity index (χ3v) is 4.62. The van der Waals surface area contributed by atoms with Gasteiger partial charge in [0.1, 0.15) is 5.82 Å². The average Bonchev–Trinajstić information content (AvgIpc) is 2.40. The lowest BCUT2D eigenvalue weighted by Crippen LogP contribution is -2.43. The number of nitriles is 1. The number of hydrogen-bond acceptors (Lipinski definition) is 4. The van der Waals surface area contributed by atoms with Gasteiger partial charge in [0.05, 0.1) is 4.90 Å². The Hall–Kier alpha value is -1.65. The second kappa shape index (κ2) is 5.55. The Morgan fingerprint density at radius 3 is 2.37 bits per heavy atom. The van der Waals surface area contributed by atoms with E-state index in [0.29, 0.717) is 25.9 Å². The number of sulfonamides is 1. The van der Waals surface area contributed by atoms with Crippen molar-refractivity contribution >= 4 is 10.0 Å². The highest BCUT2D eigenvalue weighted by molar-refractivity contribution is 7.89. The summed E-state index contributed by atoms with van der Waals surface area (Å²) in [5, 5.41) is 8.72. The number of hydrogen-bond donors (Lipinski definition) is 1. The van der Waals surface area contributed by atoms with E-state index in [0.717, 1.165) is 12.1 Å². The Morgan fingerprint density at radius 1 is 1.26 bits per heavy atom. The topological polar surface area (TPSA) is 73.2 Å². The van der Waals surface area contributed by atoms with E-state index in [1.54, 1.807) is 4.90 Å². The highest BCUT2D eigenvalue weighted by atomic mass is 32.2. The van der Waals surface area contributed by atoms with Crippen LogP contribution in [0.15, 0.2) is 29.2 Å². The van der Waals surface area contributed by atoms with Gasteiger partial charge in [-0.25, -0.2) is 17.5 Å². The van der Waals surface area contributed by atoms with Crippen molar-refractivity contribution in [3.8, 4) is 6.19 Å². The van der Waals surface area contributed by atoms with Crippen molar-refractivity contribution in [2.24, 2.45) is 0 Å². The highest BCUT2D eigenvalue weighted by Gasteiger charge is 2.24. The molecule has 2 rings (SSSR count). The fourth-order valence-corrected chi connectivity index (χ4v) is 3.30. The number of nitrogens with zero attached hydrogens (tertiary/aromatic N) is 2. The molecule has 1 fully saturated rings. The van der Waals surface area contributed by atoms with Gasteiger partial charge in [0.15, 0.2) is 6.19 Å². The van der Waals surface area contributed by atoms with E-state index in [1.807, 2.05) is 6.19 Å². The predicted molar refractivity (Wildman–Crippen MR) is 66.9 cm³/mol. The quantitative estimate of drug-likeness (QED) is 0.842. The summed E-state index contributed by atoms with van der Waals surface area (Å²) in [6.07, 6.45) is 3.22. The van der Waals surface area contributed by atoms with E-state index in [1.165, 1.54) is 12.1 Å². The van der Waals surface area contributed by atoms with Crippen molar-refractivity contribution in [2.45, 2.75) is 23.8 Å². The zero-order valence-electron chi connectivity index (χ0n) is 10.2. The molecular formula is C12H14FN3O2S. The molecule has 102 valence electrons. The second-order valence-corrected chi connectivity index (χ2v) is 6.15. The first-order chi connectivity index (χ1) is 9.01. The van der Waals surface area contributed by atoms with Gasteiger partial charge >= 0.3 is 0 Å². The Morgan fingerprint density at radius 2 is 1.84 bits per heavy atom. The van der Waals surface area contributed by atoms with Crippen LogP contribution in [0.3, 0.4) is 0 Å². The van der Waals surface area contributed by atoms with Gasteiger partial charge in [0.2, 0.25) is 10.0 Å². The summed E-state index contributed by atoms with van der Waals surface area (Å²) in [7, 11) is -3.62. The summed E-state index contributed by atoms with van der Waals surface area (Å²) in [6.45, 7) is 1.10. The molecule has 1 N–H and O–H groups in total. The molecule has 5 nitrogen and oxygen atoms in total. The van der Waals surface area contributed by atoms with E-state index in [-0.39, 0.29) is 10.9 Å². The molecule has 1 aromatic rings. The SMILES string of the molecule is N#CN1CCC(NS(=O)(=O)c2ccc(F)cc2)CC1. The molecule has 0 saturated carbocycles. The smallest absolute Gasteiger partial charge is 0.240 e. The Kier molecular flexibility index (Phi) is 4.02. The summed E-state index contributed by atoms with van der Waals surface area (Å²) in [4.78, 5) is 1.65. The van der Waals surface area contributed by atoms with E-state index >= 15 is 0 Å². The maximum Gasteiger partial charge on any atom is 0.240 e. The van der Waals surface area contributed by atoms with Gasteiger partial charge < -0.3 is 4.90 Å². The molecule has 0 aliphatic carbocycles. The van der Waals surface area contributed by atoms with E-state index in [9.17, 15) is 12.8 Å². The Labute approximate surface area is 111 Å². The first-order valence-electron chi connectivity index (χ1n) is 5.94. The molecule has 0 amide bonds. The number of benzene rings is 1. The lowest BCUT2D eigenvalue weighted by Gasteiger charge is -2.28. The molecule has 0 radical (unpaired) electrons. The van der Waals surface area contributed by atoms with Crippen LogP contribution in [0.5, 0.6) is 0 Å². The van der Waals surface area contributed by atoms with Crippen LogP contribution in [0.4, 0.5) is 4.39 Å². The van der Waals surface area contributed by atoms with Crippen molar-refractivity contribution in [2.75, 3.05) is 13.1 Å². The third-order valence-electron chi connectivity index (χ3n) is 3.08. The van der Waals surface area contributed by atoms with Gasteiger partial charge in [-0.3, -0.25) is 0 Å². The molecule has 0 unspecified atom stereocenters. The molecule has 0 spiro atoms. The van der Waals surface area contributed by atoms with Crippen LogP contribution < -0.4 is 4.72 Å². The number of nitrogens with one attached hydrogen (secondary N) is 1. The van der Waals surface area contributed by atoms with Crippen LogP contribution >= 0.6 is 0 Å². The number of halogens is 1. The monoisotopic (exact) mass is 283 g/mol. The minimum Gasteiger partial charge on any atom is -0.311 e. The molecule has 19 heavy (non-hydrogen) atoms. The van der Waals surface area contributed by atoms with Crippen molar-refractivity contribution in [3.63, 3.8) is 0 Å². The number of likely N-dealkylation sites (tertiary alicyclic amines) is 1. The van der Waals surface area contributed by atoms with Gasteiger partial charge in [-0.1, -0.05) is 0 Å². The molecule has 0 atom stereocenters. The van der Waals surface area contributed by atoms with E-state index in [4.69, 9.17) is 5.26 Å². The second-order valence-electron chi connectivity index (χ2n) is 4.44. The zero-order chi connectivity index (χ0) is 13.9. The normalized spacial score (nSPS) is 17.2. The molecule has 7 heteroatoms. The minimum atomic E-state index is -3.62. The van der Waals surface area contributed by atoms with Crippen molar-refractivity contribution in [1.82, 2.24) is 9.62 Å². The van der Waals surface area contributed by atoms with E-state index < -0.39 is 15.8 Å². The molecule has 0 aromatic heterocycles. The van der Waals surface area contributed by atoms with Gasteiger partial charge in [0.25, 0.3) is 0 Å². The Balaban J connectivity index is 2.02. The molecule has 1 aliphatic heterocycles.